The van der Waals surface area contributed by atoms with Crippen molar-refractivity contribution in [2.75, 3.05) is 5.32 Å². The van der Waals surface area contributed by atoms with Crippen LogP contribution >= 0.6 is 11.3 Å². The standard InChI is InChI=1S/C14H16N4OS/c1-9-7-18-12(10(2)17-14(18)20-9)6-16-13-5-11(8-19)3-4-15-13/h3-5,7,19H,6,8H2,1-2H3,(H,15,16). The third-order valence-corrected chi connectivity index (χ3v) is 4.08. The number of nitrogens with zero attached hydrogens (tertiary/aromatic N) is 3. The number of hydrogen-bond donors (Lipinski definition) is 2. The molecule has 0 unspecified atom stereocenters. The highest BCUT2D eigenvalue weighted by Gasteiger charge is 2.10. The van der Waals surface area contributed by atoms with Gasteiger partial charge in [-0.25, -0.2) is 9.97 Å². The van der Waals surface area contributed by atoms with Gasteiger partial charge in [-0.1, -0.05) is 0 Å². The first-order valence-corrected chi connectivity index (χ1v) is 7.22. The molecular weight excluding hydrogens is 272 g/mol. The van der Waals surface area contributed by atoms with Crippen molar-refractivity contribution in [3.05, 3.63) is 46.4 Å². The highest BCUT2D eigenvalue weighted by Crippen LogP contribution is 2.21. The van der Waals surface area contributed by atoms with E-state index in [9.17, 15) is 0 Å². The molecule has 2 N–H and O–H groups in total. The predicted octanol–water partition coefficient (Wildman–Crippen LogP) is 2.51. The van der Waals surface area contributed by atoms with Crippen molar-refractivity contribution in [2.45, 2.75) is 27.0 Å². The third kappa shape index (κ3) is 2.39. The number of aromatic nitrogens is 3. The average molecular weight is 288 g/mol. The molecular formula is C14H16N4OS. The Morgan fingerprint density at radius 2 is 2.25 bits per heavy atom. The summed E-state index contributed by atoms with van der Waals surface area (Å²) in [5.41, 5.74) is 3.02. The molecule has 0 aliphatic heterocycles. The zero-order valence-electron chi connectivity index (χ0n) is 11.4. The number of aliphatic hydroxyl groups excluding tert-OH is 1. The van der Waals surface area contributed by atoms with Crippen LogP contribution in [0.4, 0.5) is 5.82 Å². The van der Waals surface area contributed by atoms with Gasteiger partial charge in [0.1, 0.15) is 5.82 Å². The van der Waals surface area contributed by atoms with Crippen LogP contribution in [0.2, 0.25) is 0 Å². The summed E-state index contributed by atoms with van der Waals surface area (Å²) < 4.78 is 2.12. The van der Waals surface area contributed by atoms with Gasteiger partial charge in [-0.15, -0.1) is 11.3 Å². The van der Waals surface area contributed by atoms with Gasteiger partial charge in [-0.3, -0.25) is 4.40 Å². The van der Waals surface area contributed by atoms with Crippen LogP contribution in [0.5, 0.6) is 0 Å². The van der Waals surface area contributed by atoms with E-state index in [1.54, 1.807) is 23.6 Å². The minimum Gasteiger partial charge on any atom is -0.392 e. The molecule has 3 aromatic rings. The highest BCUT2D eigenvalue weighted by atomic mass is 32.1. The number of fused-ring (bicyclic) bond motifs is 1. The second-order valence-corrected chi connectivity index (χ2v) is 5.91. The van der Waals surface area contributed by atoms with Crippen molar-refractivity contribution in [3.8, 4) is 0 Å². The number of pyridine rings is 1. The molecule has 0 saturated carbocycles. The van der Waals surface area contributed by atoms with Crippen molar-refractivity contribution in [2.24, 2.45) is 0 Å². The lowest BCUT2D eigenvalue weighted by molar-refractivity contribution is 0.282. The summed E-state index contributed by atoms with van der Waals surface area (Å²) in [6.07, 6.45) is 3.80. The maximum absolute atomic E-state index is 9.13. The van der Waals surface area contributed by atoms with Gasteiger partial charge in [0.15, 0.2) is 4.96 Å². The topological polar surface area (TPSA) is 62.5 Å². The molecule has 0 saturated heterocycles. The largest absolute Gasteiger partial charge is 0.392 e. The first-order chi connectivity index (χ1) is 9.67. The van der Waals surface area contributed by atoms with Gasteiger partial charge in [-0.2, -0.15) is 0 Å². The molecule has 3 aromatic heterocycles. The number of aryl methyl sites for hydroxylation is 2. The van der Waals surface area contributed by atoms with Crippen LogP contribution in [0.25, 0.3) is 4.96 Å². The van der Waals surface area contributed by atoms with Crippen molar-refractivity contribution in [3.63, 3.8) is 0 Å². The predicted molar refractivity (Wildman–Crippen MR) is 80.0 cm³/mol. The molecule has 0 aliphatic carbocycles. The normalized spacial score (nSPS) is 11.2. The van der Waals surface area contributed by atoms with Gasteiger partial charge >= 0.3 is 0 Å². The lowest BCUT2D eigenvalue weighted by Crippen LogP contribution is -2.05. The number of hydrogen-bond acceptors (Lipinski definition) is 5. The number of anilines is 1. The van der Waals surface area contributed by atoms with Gasteiger partial charge < -0.3 is 10.4 Å². The Morgan fingerprint density at radius 1 is 1.40 bits per heavy atom. The summed E-state index contributed by atoms with van der Waals surface area (Å²) in [4.78, 5) is 11.1. The SMILES string of the molecule is Cc1cn2c(CNc3cc(CO)ccn3)c(C)nc2s1. The number of nitrogens with one attached hydrogen (secondary N) is 1. The van der Waals surface area contributed by atoms with Gasteiger partial charge in [0.2, 0.25) is 0 Å². The molecule has 0 aliphatic rings. The van der Waals surface area contributed by atoms with Gasteiger partial charge in [-0.05, 0) is 31.5 Å². The van der Waals surface area contributed by atoms with Gasteiger partial charge in [0.25, 0.3) is 0 Å². The molecule has 0 spiro atoms. The highest BCUT2D eigenvalue weighted by molar-refractivity contribution is 7.17. The molecule has 0 radical (unpaired) electrons. The summed E-state index contributed by atoms with van der Waals surface area (Å²) in [5.74, 6) is 0.762. The molecule has 6 heteroatoms. The Kier molecular flexibility index (Phi) is 3.42. The Balaban J connectivity index is 1.84. The van der Waals surface area contributed by atoms with Crippen molar-refractivity contribution < 1.29 is 5.11 Å². The van der Waals surface area contributed by atoms with E-state index in [0.717, 1.165) is 27.7 Å². The van der Waals surface area contributed by atoms with Crippen LogP contribution in [-0.2, 0) is 13.2 Å². The monoisotopic (exact) mass is 288 g/mol. The van der Waals surface area contributed by atoms with E-state index in [1.807, 2.05) is 13.0 Å². The summed E-state index contributed by atoms with van der Waals surface area (Å²) in [6.45, 7) is 4.78. The van der Waals surface area contributed by atoms with Crippen LogP contribution in [0, 0.1) is 13.8 Å². The third-order valence-electron chi connectivity index (χ3n) is 3.18. The van der Waals surface area contributed by atoms with Gasteiger partial charge in [0.05, 0.1) is 24.5 Å². The van der Waals surface area contributed by atoms with E-state index in [1.165, 1.54) is 4.88 Å². The number of aliphatic hydroxyl groups is 1. The first kappa shape index (κ1) is 13.1. The summed E-state index contributed by atoms with van der Waals surface area (Å²) >= 11 is 1.69. The molecule has 3 heterocycles. The zero-order chi connectivity index (χ0) is 14.1. The molecule has 5 nitrogen and oxygen atoms in total. The maximum Gasteiger partial charge on any atom is 0.194 e. The smallest absolute Gasteiger partial charge is 0.194 e. The molecule has 0 aromatic carbocycles. The molecule has 0 fully saturated rings. The molecule has 0 bridgehead atoms. The first-order valence-electron chi connectivity index (χ1n) is 6.41. The van der Waals surface area contributed by atoms with Crippen molar-refractivity contribution in [1.29, 1.82) is 0 Å². The second kappa shape index (κ2) is 5.22. The van der Waals surface area contributed by atoms with Crippen LogP contribution in [-0.4, -0.2) is 19.5 Å². The average Bonchev–Trinajstić information content (AvgIpc) is 2.92. The minimum atomic E-state index is 0.0247. The van der Waals surface area contributed by atoms with E-state index in [-0.39, 0.29) is 6.61 Å². The van der Waals surface area contributed by atoms with E-state index < -0.39 is 0 Å². The molecule has 0 atom stereocenters. The fraction of sp³-hybridized carbons (Fsp3) is 0.286. The Bertz CT molecular complexity index is 747. The Hall–Kier alpha value is -1.92. The zero-order valence-corrected chi connectivity index (χ0v) is 12.2. The number of imidazole rings is 1. The van der Waals surface area contributed by atoms with Gasteiger partial charge in [0, 0.05) is 17.3 Å². The number of thiazole rings is 1. The van der Waals surface area contributed by atoms with E-state index in [0.29, 0.717) is 6.54 Å². The Labute approximate surface area is 120 Å². The van der Waals surface area contributed by atoms with Crippen LogP contribution in [0.1, 0.15) is 21.8 Å². The maximum atomic E-state index is 9.13. The van der Waals surface area contributed by atoms with Crippen LogP contribution < -0.4 is 5.32 Å². The number of rotatable bonds is 4. The quantitative estimate of drug-likeness (QED) is 0.774. The van der Waals surface area contributed by atoms with Crippen molar-refractivity contribution in [1.82, 2.24) is 14.4 Å². The van der Waals surface area contributed by atoms with E-state index in [2.05, 4.69) is 32.8 Å². The molecule has 20 heavy (non-hydrogen) atoms. The fourth-order valence-corrected chi connectivity index (χ4v) is 3.06. The summed E-state index contributed by atoms with van der Waals surface area (Å²) in [5, 5.41) is 12.4. The fourth-order valence-electron chi connectivity index (χ4n) is 2.17. The van der Waals surface area contributed by atoms with Crippen LogP contribution in [0.15, 0.2) is 24.5 Å². The second-order valence-electron chi connectivity index (χ2n) is 4.70. The summed E-state index contributed by atoms with van der Waals surface area (Å²) in [7, 11) is 0. The van der Waals surface area contributed by atoms with Crippen LogP contribution in [0.3, 0.4) is 0 Å². The minimum absolute atomic E-state index is 0.0247. The Morgan fingerprint density at radius 3 is 3.05 bits per heavy atom. The van der Waals surface area contributed by atoms with E-state index >= 15 is 0 Å². The molecule has 3 rings (SSSR count). The van der Waals surface area contributed by atoms with E-state index in [4.69, 9.17) is 5.11 Å². The summed E-state index contributed by atoms with van der Waals surface area (Å²) in [6, 6.07) is 3.65. The van der Waals surface area contributed by atoms with Crippen molar-refractivity contribution >= 4 is 22.1 Å². The lowest BCUT2D eigenvalue weighted by Gasteiger charge is -2.06. The lowest BCUT2D eigenvalue weighted by atomic mass is 10.2. The molecule has 104 valence electrons. The molecule has 0 amide bonds.